The van der Waals surface area contributed by atoms with Crippen LogP contribution < -0.4 is 11.1 Å². The minimum atomic E-state index is 0. The summed E-state index contributed by atoms with van der Waals surface area (Å²) in [6.07, 6.45) is 1.69. The summed E-state index contributed by atoms with van der Waals surface area (Å²) in [4.78, 5) is 4.28. The topological polar surface area (TPSA) is 81.1 Å². The predicted molar refractivity (Wildman–Crippen MR) is 96.0 cm³/mol. The van der Waals surface area contributed by atoms with Crippen LogP contribution in [0.4, 0.5) is 5.69 Å². The highest BCUT2D eigenvalue weighted by Gasteiger charge is 2.02. The van der Waals surface area contributed by atoms with Crippen LogP contribution in [-0.4, -0.2) is 20.7 Å². The fraction of sp³-hybridized carbons (Fsp3) is 0.357. The number of guanidine groups is 1. The fourth-order valence-electron chi connectivity index (χ4n) is 1.83. The van der Waals surface area contributed by atoms with Crippen LogP contribution in [0, 0.1) is 13.8 Å². The van der Waals surface area contributed by atoms with Gasteiger partial charge in [0, 0.05) is 12.2 Å². The lowest BCUT2D eigenvalue weighted by molar-refractivity contribution is 0.699. The quantitative estimate of drug-likeness (QED) is 0.470. The third kappa shape index (κ3) is 4.69. The Morgan fingerprint density at radius 2 is 2.10 bits per heavy atom. The number of nitrogens with two attached hydrogens (primary N) is 1. The van der Waals surface area contributed by atoms with Crippen molar-refractivity contribution in [1.82, 2.24) is 14.8 Å². The Bertz CT molecular complexity index is 620. The van der Waals surface area contributed by atoms with Crippen molar-refractivity contribution in [2.45, 2.75) is 33.9 Å². The summed E-state index contributed by atoms with van der Waals surface area (Å²) in [6, 6.07) is 6.09. The Morgan fingerprint density at radius 1 is 1.33 bits per heavy atom. The maximum Gasteiger partial charge on any atom is 0.193 e. The summed E-state index contributed by atoms with van der Waals surface area (Å²) in [5.41, 5.74) is 9.29. The van der Waals surface area contributed by atoms with Crippen LogP contribution in [0.15, 0.2) is 29.5 Å². The van der Waals surface area contributed by atoms with Crippen LogP contribution in [0.3, 0.4) is 0 Å². The molecule has 2 rings (SSSR count). The number of hydrogen-bond acceptors (Lipinski definition) is 3. The maximum absolute atomic E-state index is 5.88. The van der Waals surface area contributed by atoms with E-state index in [-0.39, 0.29) is 24.0 Å². The molecular weight excluding hydrogens is 379 g/mol. The molecule has 1 aromatic heterocycles. The van der Waals surface area contributed by atoms with E-state index in [0.717, 1.165) is 18.1 Å². The van der Waals surface area contributed by atoms with Gasteiger partial charge in [-0.3, -0.25) is 0 Å². The molecule has 0 aliphatic rings. The first-order valence-corrected chi connectivity index (χ1v) is 6.61. The summed E-state index contributed by atoms with van der Waals surface area (Å²) in [5, 5.41) is 11.0. The molecule has 1 heterocycles. The van der Waals surface area contributed by atoms with E-state index in [9.17, 15) is 0 Å². The Balaban J connectivity index is 0.00000220. The van der Waals surface area contributed by atoms with Crippen molar-refractivity contribution < 1.29 is 0 Å². The van der Waals surface area contributed by atoms with Gasteiger partial charge in [-0.15, -0.1) is 34.2 Å². The number of benzene rings is 1. The Hall–Kier alpha value is -1.64. The normalized spacial score (nSPS) is 11.1. The Kier molecular flexibility index (Phi) is 6.60. The van der Waals surface area contributed by atoms with Gasteiger partial charge >= 0.3 is 0 Å². The number of nitrogens with zero attached hydrogens (tertiary/aromatic N) is 4. The molecule has 0 fully saturated rings. The maximum atomic E-state index is 5.88. The molecule has 7 heteroatoms. The third-order valence-electron chi connectivity index (χ3n) is 3.21. The van der Waals surface area contributed by atoms with E-state index >= 15 is 0 Å². The van der Waals surface area contributed by atoms with E-state index in [1.54, 1.807) is 6.33 Å². The third-order valence-corrected chi connectivity index (χ3v) is 3.21. The van der Waals surface area contributed by atoms with Crippen molar-refractivity contribution in [3.8, 4) is 0 Å². The van der Waals surface area contributed by atoms with Gasteiger partial charge in [0.1, 0.15) is 12.9 Å². The molecule has 0 saturated carbocycles. The molecule has 6 nitrogen and oxygen atoms in total. The Labute approximate surface area is 141 Å². The molecule has 0 atom stereocenters. The van der Waals surface area contributed by atoms with Gasteiger partial charge < -0.3 is 15.6 Å². The summed E-state index contributed by atoms with van der Waals surface area (Å²) in [6.45, 7) is 7.42. The summed E-state index contributed by atoms with van der Waals surface area (Å²) in [5.74, 6) is 1.18. The van der Waals surface area contributed by atoms with Gasteiger partial charge in [0.05, 0.1) is 0 Å². The fourth-order valence-corrected chi connectivity index (χ4v) is 1.83. The number of aryl methyl sites for hydroxylation is 3. The minimum absolute atomic E-state index is 0. The van der Waals surface area contributed by atoms with Crippen molar-refractivity contribution in [2.75, 3.05) is 5.32 Å². The molecule has 0 unspecified atom stereocenters. The zero-order valence-electron chi connectivity index (χ0n) is 12.5. The lowest BCUT2D eigenvalue weighted by Crippen LogP contribution is -2.23. The number of nitrogens with one attached hydrogen (secondary N) is 1. The van der Waals surface area contributed by atoms with E-state index < -0.39 is 0 Å². The number of rotatable bonds is 4. The van der Waals surface area contributed by atoms with Crippen LogP contribution in [0.5, 0.6) is 0 Å². The highest BCUT2D eigenvalue weighted by Crippen LogP contribution is 2.13. The van der Waals surface area contributed by atoms with Gasteiger partial charge in [-0.2, -0.15) is 0 Å². The first-order valence-electron chi connectivity index (χ1n) is 6.61. The first-order chi connectivity index (χ1) is 9.60. The number of anilines is 1. The van der Waals surface area contributed by atoms with Crippen molar-refractivity contribution in [1.29, 1.82) is 0 Å². The average molecular weight is 400 g/mol. The highest BCUT2D eigenvalue weighted by molar-refractivity contribution is 14.0. The van der Waals surface area contributed by atoms with Crippen molar-refractivity contribution in [3.05, 3.63) is 41.5 Å². The van der Waals surface area contributed by atoms with E-state index in [0.29, 0.717) is 12.5 Å². The Morgan fingerprint density at radius 3 is 2.76 bits per heavy atom. The molecule has 0 spiro atoms. The lowest BCUT2D eigenvalue weighted by Gasteiger charge is -2.08. The SMILES string of the molecule is CCn1cnnc1CN=C(N)Nc1ccc(C)c(C)c1.I. The van der Waals surface area contributed by atoms with Crippen LogP contribution in [0.1, 0.15) is 23.9 Å². The summed E-state index contributed by atoms with van der Waals surface area (Å²) >= 11 is 0. The van der Waals surface area contributed by atoms with E-state index in [2.05, 4.69) is 40.4 Å². The molecule has 21 heavy (non-hydrogen) atoms. The number of aliphatic imine (C=N–C) groups is 1. The van der Waals surface area contributed by atoms with E-state index in [4.69, 9.17) is 5.73 Å². The molecule has 2 aromatic rings. The summed E-state index contributed by atoms with van der Waals surface area (Å²) in [7, 11) is 0. The molecule has 0 saturated heterocycles. The molecule has 114 valence electrons. The molecule has 0 aliphatic carbocycles. The van der Waals surface area contributed by atoms with Gasteiger partial charge in [0.2, 0.25) is 0 Å². The highest BCUT2D eigenvalue weighted by atomic mass is 127. The number of hydrogen-bond donors (Lipinski definition) is 2. The standard InChI is InChI=1S/C14H20N6.HI/c1-4-20-9-17-19-13(20)8-16-14(15)18-12-6-5-10(2)11(3)7-12;/h5-7,9H,4,8H2,1-3H3,(H3,15,16,18);1H. The monoisotopic (exact) mass is 400 g/mol. The van der Waals surface area contributed by atoms with Gasteiger partial charge in [-0.25, -0.2) is 4.99 Å². The van der Waals surface area contributed by atoms with Gasteiger partial charge in [-0.1, -0.05) is 6.07 Å². The van der Waals surface area contributed by atoms with Crippen LogP contribution >= 0.6 is 24.0 Å². The number of halogens is 1. The average Bonchev–Trinajstić information content (AvgIpc) is 2.88. The lowest BCUT2D eigenvalue weighted by atomic mass is 10.1. The zero-order chi connectivity index (χ0) is 14.5. The molecule has 0 amide bonds. The van der Waals surface area contributed by atoms with Crippen LogP contribution in [0.2, 0.25) is 0 Å². The molecule has 0 radical (unpaired) electrons. The van der Waals surface area contributed by atoms with E-state index in [1.807, 2.05) is 23.6 Å². The second kappa shape index (κ2) is 7.96. The van der Waals surface area contributed by atoms with Gasteiger partial charge in [0.25, 0.3) is 0 Å². The second-order valence-corrected chi connectivity index (χ2v) is 4.66. The van der Waals surface area contributed by atoms with Crippen LogP contribution in [-0.2, 0) is 13.1 Å². The van der Waals surface area contributed by atoms with Gasteiger partial charge in [-0.05, 0) is 44.0 Å². The van der Waals surface area contributed by atoms with Crippen molar-refractivity contribution in [2.24, 2.45) is 10.7 Å². The predicted octanol–water partition coefficient (Wildman–Crippen LogP) is 2.46. The van der Waals surface area contributed by atoms with Crippen molar-refractivity contribution >= 4 is 35.6 Å². The molecule has 1 aromatic carbocycles. The molecule has 0 bridgehead atoms. The number of aromatic nitrogens is 3. The summed E-state index contributed by atoms with van der Waals surface area (Å²) < 4.78 is 1.94. The zero-order valence-corrected chi connectivity index (χ0v) is 14.8. The molecule has 3 N–H and O–H groups in total. The first kappa shape index (κ1) is 17.4. The van der Waals surface area contributed by atoms with Crippen molar-refractivity contribution in [3.63, 3.8) is 0 Å². The van der Waals surface area contributed by atoms with E-state index in [1.165, 1.54) is 11.1 Å². The van der Waals surface area contributed by atoms with Crippen LogP contribution in [0.25, 0.3) is 0 Å². The second-order valence-electron chi connectivity index (χ2n) is 4.66. The smallest absolute Gasteiger partial charge is 0.193 e. The largest absolute Gasteiger partial charge is 0.370 e. The molecule has 0 aliphatic heterocycles. The van der Waals surface area contributed by atoms with Gasteiger partial charge in [0.15, 0.2) is 11.8 Å². The minimum Gasteiger partial charge on any atom is -0.370 e. The molecular formula is C14H21IN6.